The Morgan fingerprint density at radius 2 is 2.04 bits per heavy atom. The number of hydrogen-bond donors (Lipinski definition) is 0. The van der Waals surface area contributed by atoms with Crippen LogP contribution in [0, 0.1) is 0 Å². The van der Waals surface area contributed by atoms with Crippen molar-refractivity contribution in [3.05, 3.63) is 47.7 Å². The summed E-state index contributed by atoms with van der Waals surface area (Å²) in [7, 11) is 1.68. The highest BCUT2D eigenvalue weighted by Gasteiger charge is 2.31. The molecule has 0 aliphatic heterocycles. The van der Waals surface area contributed by atoms with E-state index in [4.69, 9.17) is 9.15 Å². The molecule has 0 spiro atoms. The summed E-state index contributed by atoms with van der Waals surface area (Å²) in [6.07, 6.45) is 2.76. The minimum absolute atomic E-state index is 0.000927. The third-order valence-corrected chi connectivity index (χ3v) is 4.86. The number of benzene rings is 2. The lowest BCUT2D eigenvalue weighted by molar-refractivity contribution is -0.130. The van der Waals surface area contributed by atoms with Gasteiger partial charge in [0, 0.05) is 30.4 Å². The molecule has 0 bridgehead atoms. The second-order valence-corrected chi connectivity index (χ2v) is 6.35. The predicted molar refractivity (Wildman–Crippen MR) is 91.0 cm³/mol. The first-order valence-electron chi connectivity index (χ1n) is 8.14. The number of fused-ring (bicyclic) bond motifs is 3. The molecule has 0 amide bonds. The van der Waals surface area contributed by atoms with E-state index in [0.29, 0.717) is 19.4 Å². The molecule has 2 aromatic carbocycles. The van der Waals surface area contributed by atoms with Crippen LogP contribution in [0.3, 0.4) is 0 Å². The van der Waals surface area contributed by atoms with Gasteiger partial charge in [-0.1, -0.05) is 24.3 Å². The SMILES string of the molecule is COCc1cccc2c1ccc1occ(C3CCC(=O)CC3=O)c12. The second kappa shape index (κ2) is 5.87. The van der Waals surface area contributed by atoms with Gasteiger partial charge in [-0.25, -0.2) is 0 Å². The quantitative estimate of drug-likeness (QED) is 0.680. The largest absolute Gasteiger partial charge is 0.464 e. The maximum Gasteiger partial charge on any atom is 0.147 e. The molecular weight excluding hydrogens is 304 g/mol. The summed E-state index contributed by atoms with van der Waals surface area (Å²) in [5.41, 5.74) is 2.79. The van der Waals surface area contributed by atoms with Crippen LogP contribution in [0.25, 0.3) is 21.7 Å². The minimum Gasteiger partial charge on any atom is -0.464 e. The molecule has 0 saturated heterocycles. The molecule has 1 aromatic heterocycles. The lowest BCUT2D eigenvalue weighted by atomic mass is 9.81. The van der Waals surface area contributed by atoms with E-state index in [-0.39, 0.29) is 23.9 Å². The molecule has 4 rings (SSSR count). The lowest BCUT2D eigenvalue weighted by Crippen LogP contribution is -2.23. The molecule has 0 radical (unpaired) electrons. The van der Waals surface area contributed by atoms with E-state index in [1.165, 1.54) is 0 Å². The van der Waals surface area contributed by atoms with Crippen LogP contribution in [-0.2, 0) is 20.9 Å². The molecule has 1 atom stereocenters. The fourth-order valence-corrected chi connectivity index (χ4v) is 3.72. The molecule has 4 heteroatoms. The first kappa shape index (κ1) is 15.1. The summed E-state index contributed by atoms with van der Waals surface area (Å²) >= 11 is 0. The molecular formula is C20H18O4. The zero-order valence-corrected chi connectivity index (χ0v) is 13.5. The summed E-state index contributed by atoms with van der Waals surface area (Å²) in [6, 6.07) is 10.1. The number of Topliss-reactive ketones (excluding diaryl/α,β-unsaturated/α-hetero) is 2. The Morgan fingerprint density at radius 3 is 2.83 bits per heavy atom. The summed E-state index contributed by atoms with van der Waals surface area (Å²) in [6.45, 7) is 0.535. The molecule has 122 valence electrons. The Bertz CT molecular complexity index is 951. The lowest BCUT2D eigenvalue weighted by Gasteiger charge is -2.19. The molecule has 1 unspecified atom stereocenters. The van der Waals surface area contributed by atoms with Crippen molar-refractivity contribution in [2.24, 2.45) is 0 Å². The Balaban J connectivity index is 1.93. The van der Waals surface area contributed by atoms with Gasteiger partial charge >= 0.3 is 0 Å². The van der Waals surface area contributed by atoms with Crippen LogP contribution in [0.15, 0.2) is 41.0 Å². The maximum absolute atomic E-state index is 12.4. The monoisotopic (exact) mass is 322 g/mol. The number of carbonyl (C=O) groups excluding carboxylic acids is 2. The highest BCUT2D eigenvalue weighted by atomic mass is 16.5. The van der Waals surface area contributed by atoms with Crippen molar-refractivity contribution in [2.75, 3.05) is 7.11 Å². The van der Waals surface area contributed by atoms with Crippen LogP contribution in [0.5, 0.6) is 0 Å². The molecule has 3 aromatic rings. The van der Waals surface area contributed by atoms with E-state index in [1.807, 2.05) is 30.3 Å². The van der Waals surface area contributed by atoms with Crippen molar-refractivity contribution >= 4 is 33.3 Å². The number of carbonyl (C=O) groups is 2. The van der Waals surface area contributed by atoms with Gasteiger partial charge in [-0.2, -0.15) is 0 Å². The van der Waals surface area contributed by atoms with E-state index in [2.05, 4.69) is 0 Å². The number of furan rings is 1. The predicted octanol–water partition coefficient (Wildman–Crippen LogP) is 4.14. The Morgan fingerprint density at radius 1 is 1.17 bits per heavy atom. The molecule has 1 aliphatic rings. The third kappa shape index (κ3) is 2.34. The maximum atomic E-state index is 12.4. The van der Waals surface area contributed by atoms with Crippen molar-refractivity contribution < 1.29 is 18.7 Å². The highest BCUT2D eigenvalue weighted by molar-refractivity contribution is 6.12. The van der Waals surface area contributed by atoms with Crippen LogP contribution < -0.4 is 0 Å². The van der Waals surface area contributed by atoms with E-state index < -0.39 is 0 Å². The van der Waals surface area contributed by atoms with Crippen molar-refractivity contribution in [1.82, 2.24) is 0 Å². The average molecular weight is 322 g/mol. The van der Waals surface area contributed by atoms with Gasteiger partial charge in [-0.05, 0) is 28.8 Å². The van der Waals surface area contributed by atoms with Crippen LogP contribution in [-0.4, -0.2) is 18.7 Å². The normalized spacial score (nSPS) is 18.6. The highest BCUT2D eigenvalue weighted by Crippen LogP contribution is 2.38. The fraction of sp³-hybridized carbons (Fsp3) is 0.300. The second-order valence-electron chi connectivity index (χ2n) is 6.35. The standard InChI is InChI=1S/C20H18O4/c1-23-10-12-3-2-4-16-14(12)7-8-19-20(16)17(11-24-19)15-6-5-13(21)9-18(15)22/h2-4,7-8,11,15H,5-6,9-10H2,1H3. The molecule has 24 heavy (non-hydrogen) atoms. The smallest absolute Gasteiger partial charge is 0.147 e. The van der Waals surface area contributed by atoms with Gasteiger partial charge in [0.15, 0.2) is 0 Å². The van der Waals surface area contributed by atoms with Crippen molar-refractivity contribution in [2.45, 2.75) is 31.8 Å². The first-order valence-corrected chi connectivity index (χ1v) is 8.14. The average Bonchev–Trinajstić information content (AvgIpc) is 3.00. The van der Waals surface area contributed by atoms with E-state index >= 15 is 0 Å². The number of ketones is 2. The molecule has 1 heterocycles. The van der Waals surface area contributed by atoms with Crippen LogP contribution in [0.4, 0.5) is 0 Å². The summed E-state index contributed by atoms with van der Waals surface area (Å²) in [5, 5.41) is 3.16. The van der Waals surface area contributed by atoms with Gasteiger partial charge < -0.3 is 9.15 Å². The zero-order chi connectivity index (χ0) is 16.7. The van der Waals surface area contributed by atoms with Gasteiger partial charge in [0.2, 0.25) is 0 Å². The first-order chi connectivity index (χ1) is 11.7. The Labute approximate surface area is 139 Å². The van der Waals surface area contributed by atoms with Gasteiger partial charge in [0.05, 0.1) is 19.3 Å². The van der Waals surface area contributed by atoms with Crippen LogP contribution >= 0.6 is 0 Å². The van der Waals surface area contributed by atoms with E-state index in [1.54, 1.807) is 13.4 Å². The minimum atomic E-state index is -0.249. The molecule has 0 N–H and O–H groups in total. The third-order valence-electron chi connectivity index (χ3n) is 4.86. The summed E-state index contributed by atoms with van der Waals surface area (Å²) in [5.74, 6) is -0.212. The number of rotatable bonds is 3. The van der Waals surface area contributed by atoms with E-state index in [0.717, 1.165) is 32.9 Å². The van der Waals surface area contributed by atoms with Gasteiger partial charge in [0.1, 0.15) is 17.1 Å². The number of methoxy groups -OCH3 is 1. The van der Waals surface area contributed by atoms with Crippen molar-refractivity contribution in [3.63, 3.8) is 0 Å². The van der Waals surface area contributed by atoms with Crippen LogP contribution in [0.1, 0.15) is 36.3 Å². The summed E-state index contributed by atoms with van der Waals surface area (Å²) in [4.78, 5) is 23.9. The van der Waals surface area contributed by atoms with Crippen LogP contribution in [0.2, 0.25) is 0 Å². The van der Waals surface area contributed by atoms with Gasteiger partial charge in [-0.3, -0.25) is 9.59 Å². The Kier molecular flexibility index (Phi) is 3.69. The van der Waals surface area contributed by atoms with Gasteiger partial charge in [0.25, 0.3) is 0 Å². The topological polar surface area (TPSA) is 56.5 Å². The number of ether oxygens (including phenoxy) is 1. The molecule has 4 nitrogen and oxygen atoms in total. The molecule has 1 aliphatic carbocycles. The zero-order valence-electron chi connectivity index (χ0n) is 13.5. The molecule has 1 saturated carbocycles. The number of hydrogen-bond acceptors (Lipinski definition) is 4. The fourth-order valence-electron chi connectivity index (χ4n) is 3.72. The van der Waals surface area contributed by atoms with E-state index in [9.17, 15) is 9.59 Å². The Hall–Kier alpha value is -2.46. The van der Waals surface area contributed by atoms with Crippen molar-refractivity contribution in [1.29, 1.82) is 0 Å². The van der Waals surface area contributed by atoms with Gasteiger partial charge in [-0.15, -0.1) is 0 Å². The summed E-state index contributed by atoms with van der Waals surface area (Å²) < 4.78 is 11.0. The van der Waals surface area contributed by atoms with Crippen molar-refractivity contribution in [3.8, 4) is 0 Å². The molecule has 1 fully saturated rings.